The highest BCUT2D eigenvalue weighted by atomic mass is 16.8. The van der Waals surface area contributed by atoms with Gasteiger partial charge in [0.15, 0.2) is 50.3 Å². The van der Waals surface area contributed by atoms with Crippen LogP contribution in [-0.4, -0.2) is 421 Å². The van der Waals surface area contributed by atoms with Gasteiger partial charge in [-0.1, -0.05) is 0 Å². The van der Waals surface area contributed by atoms with E-state index in [0.29, 0.717) is 0 Å². The van der Waals surface area contributed by atoms with Gasteiger partial charge in [-0.05, 0) is 0 Å². The maximum atomic E-state index is 11.8. The van der Waals surface area contributed by atoms with E-state index in [1.165, 1.54) is 0 Å². The summed E-state index contributed by atoms with van der Waals surface area (Å²) < 4.78 is 91.6. The van der Waals surface area contributed by atoms with Gasteiger partial charge >= 0.3 is 0 Å². The Bertz CT molecular complexity index is 2130. The van der Waals surface area contributed by atoms with Gasteiger partial charge in [0.05, 0.1) is 52.9 Å². The largest absolute Gasteiger partial charge is 0.394 e. The van der Waals surface area contributed by atoms with Crippen LogP contribution in [0.4, 0.5) is 0 Å². The molecule has 40 nitrogen and oxygen atoms in total. The fourth-order valence-electron chi connectivity index (χ4n) is 11.8. The van der Waals surface area contributed by atoms with Crippen LogP contribution in [0.1, 0.15) is 0 Å². The first-order valence-electron chi connectivity index (χ1n) is 28.1. The Morgan fingerprint density at radius 1 is 0.182 bits per heavy atom. The molecule has 22 aliphatic rings. The molecule has 22 aliphatic heterocycles. The van der Waals surface area contributed by atoms with Crippen molar-refractivity contribution < 1.29 is 198 Å². The summed E-state index contributed by atoms with van der Waals surface area (Å²) in [6, 6.07) is 0. The fraction of sp³-hybridized carbons (Fsp3) is 1.00. The lowest BCUT2D eigenvalue weighted by molar-refractivity contribution is -0.399. The lowest BCUT2D eigenvalue weighted by atomic mass is 9.95. The smallest absolute Gasteiger partial charge is 0.187 e. The molecule has 88 heavy (non-hydrogen) atoms. The van der Waals surface area contributed by atoms with Crippen molar-refractivity contribution in [2.24, 2.45) is 0 Å². The van der Waals surface area contributed by atoms with E-state index < -0.39 is 299 Å². The molecule has 1 unspecified atom stereocenters. The summed E-state index contributed by atoms with van der Waals surface area (Å²) in [6.07, 6.45) is -82.6. The predicted octanol–water partition coefficient (Wildman–Crippen LogP) is -17.4. The topological polar surface area (TPSA) is 633 Å². The minimum atomic E-state index is -2.35. The van der Waals surface area contributed by atoms with Crippen LogP contribution in [0.25, 0.3) is 0 Å². The van der Waals surface area contributed by atoms with Gasteiger partial charge < -0.3 is 198 Å². The SMILES string of the molecule is OC[C@H]1O[C@@H](OC[C@H]2O[C@@H]3O[C@H]4[C@H](O)[C@H](O)[C@@H](O[C@H]5[C@H](O)[C@H](O)[C@@H](O[C@H]6[C@H](O)[C@@H](O)[C@@H](O[C@H]7[C@H](O)[C@@H](O)C(O[C@H]8[C@H](O)[C@@H](O)[C@@H](O[C@H]9[C@H](O)[C@@H](O)[C@@H](O[C@H]2[C@H](O)[C@H]3O)O[C@@H]9CO)O[C@@H]8CO)O[C@@H]7CO)O[C@@H]6CO)O[C@@H]5CO)O[C@@H]4CO)[C@H](O)[C@@H](O)[C@H]1O. The quantitative estimate of drug-likeness (QED) is 0.0966. The molecule has 22 heterocycles. The lowest BCUT2D eigenvalue weighted by Crippen LogP contribution is -2.68. The summed E-state index contributed by atoms with van der Waals surface area (Å²) in [7, 11) is 0. The highest BCUT2D eigenvalue weighted by Gasteiger charge is 2.60. The fourth-order valence-corrected chi connectivity index (χ4v) is 11.8. The van der Waals surface area contributed by atoms with E-state index in [1.54, 1.807) is 0 Å². The molecule has 24 N–H and O–H groups in total. The maximum absolute atomic E-state index is 11.8. The van der Waals surface area contributed by atoms with Crippen molar-refractivity contribution in [3.63, 3.8) is 0 Å². The summed E-state index contributed by atoms with van der Waals surface area (Å²) in [5.41, 5.74) is 0. The molecule has 0 radical (unpaired) electrons. The third-order valence-corrected chi connectivity index (χ3v) is 16.9. The van der Waals surface area contributed by atoms with Gasteiger partial charge in [0.1, 0.15) is 195 Å². The van der Waals surface area contributed by atoms with Crippen molar-refractivity contribution in [3.05, 3.63) is 0 Å². The van der Waals surface area contributed by atoms with E-state index in [1.807, 2.05) is 0 Å². The Labute approximate surface area is 496 Å². The normalized spacial score (nSPS) is 55.2. The first-order chi connectivity index (χ1) is 41.9. The summed E-state index contributed by atoms with van der Waals surface area (Å²) in [5, 5.41) is 265. The van der Waals surface area contributed by atoms with Gasteiger partial charge in [-0.15, -0.1) is 0 Å². The summed E-state index contributed by atoms with van der Waals surface area (Å²) in [6.45, 7) is -8.51. The molecule has 0 aromatic carbocycles. The number of ether oxygens (including phenoxy) is 16. The molecule has 0 aromatic heterocycles. The van der Waals surface area contributed by atoms with E-state index in [9.17, 15) is 123 Å². The highest BCUT2D eigenvalue weighted by Crippen LogP contribution is 2.39. The zero-order valence-corrected chi connectivity index (χ0v) is 46.0. The second kappa shape index (κ2) is 30.0. The standard InChI is InChI=1S/C48H80O40/c49-1-9-17(56)18(57)26(65)41(74-9)73-8-16-40-25(64)33(72)48(81-16)87-39-15(7-55)79-46(31(70)23(39)62)85-37-13(5-53)77-44(29(68)21(37)60)83-35-11(3-51)75-42(27(66)19(35)58)82-34-10(2-50)76-43(28(67)20(34)59)84-36-12(4-52)78-45(30(69)22(36)61)86-38-14(6-54)80-47(88-40)32(71)24(38)63/h9-72H,1-8H2/t9-,10-,11-,12-,13-,14-,15-,16-,17+,18+,19-,20-,21-,22-,23-,24-,25-,26-,27-,28-,29+,30-,31+,32-,33-,34-,35-,36-,37-,38-,39-,40-,41-,42-,43?,44-,45-,46-,47-,48-/m1/s1. The molecule has 0 saturated carbocycles. The molecule has 14 bridgehead atoms. The Morgan fingerprint density at radius 3 is 0.580 bits per heavy atom. The van der Waals surface area contributed by atoms with Crippen molar-refractivity contribution >= 4 is 0 Å². The zero-order valence-electron chi connectivity index (χ0n) is 46.0. The van der Waals surface area contributed by atoms with E-state index in [2.05, 4.69) is 0 Å². The molecule has 0 aliphatic carbocycles. The molecule has 22 saturated heterocycles. The van der Waals surface area contributed by atoms with E-state index >= 15 is 0 Å². The van der Waals surface area contributed by atoms with Crippen molar-refractivity contribution in [1.29, 1.82) is 0 Å². The minimum absolute atomic E-state index is 0.919. The Kier molecular flexibility index (Phi) is 24.1. The molecule has 22 rings (SSSR count). The number of hydrogen-bond acceptors (Lipinski definition) is 40. The van der Waals surface area contributed by atoms with Gasteiger partial charge in [-0.25, -0.2) is 0 Å². The first kappa shape index (κ1) is 70.7. The Morgan fingerprint density at radius 2 is 0.375 bits per heavy atom. The Balaban J connectivity index is 1.02. The maximum Gasteiger partial charge on any atom is 0.187 e. The molecule has 22 fully saturated rings. The van der Waals surface area contributed by atoms with E-state index in [4.69, 9.17) is 75.8 Å². The molecular formula is C48H80O40. The zero-order chi connectivity index (χ0) is 64.1. The number of rotatable bonds is 10. The third kappa shape index (κ3) is 13.9. The van der Waals surface area contributed by atoms with Gasteiger partial charge in [0, 0.05) is 0 Å². The third-order valence-electron chi connectivity index (χ3n) is 16.9. The molecule has 40 atom stereocenters. The van der Waals surface area contributed by atoms with Crippen LogP contribution in [0, 0.1) is 0 Å². The average molecular weight is 1300 g/mol. The molecule has 512 valence electrons. The van der Waals surface area contributed by atoms with Gasteiger partial charge in [-0.2, -0.15) is 0 Å². The molecule has 40 heteroatoms. The monoisotopic (exact) mass is 1300 g/mol. The second-order valence-electron chi connectivity index (χ2n) is 22.5. The van der Waals surface area contributed by atoms with Crippen molar-refractivity contribution in [2.75, 3.05) is 52.9 Å². The van der Waals surface area contributed by atoms with Crippen LogP contribution in [0.2, 0.25) is 0 Å². The van der Waals surface area contributed by atoms with Crippen molar-refractivity contribution in [1.82, 2.24) is 0 Å². The molecule has 0 spiro atoms. The second-order valence-corrected chi connectivity index (χ2v) is 22.5. The minimum Gasteiger partial charge on any atom is -0.394 e. The highest BCUT2D eigenvalue weighted by molar-refractivity contribution is 5.02. The van der Waals surface area contributed by atoms with Crippen molar-refractivity contribution in [3.8, 4) is 0 Å². The van der Waals surface area contributed by atoms with Crippen LogP contribution in [0.5, 0.6) is 0 Å². The summed E-state index contributed by atoms with van der Waals surface area (Å²) >= 11 is 0. The molecular weight excluding hydrogens is 1220 g/mol. The summed E-state index contributed by atoms with van der Waals surface area (Å²) in [5.74, 6) is 0. The van der Waals surface area contributed by atoms with Crippen molar-refractivity contribution in [2.45, 2.75) is 246 Å². The number of aliphatic hydroxyl groups excluding tert-OH is 24. The van der Waals surface area contributed by atoms with Crippen LogP contribution < -0.4 is 0 Å². The van der Waals surface area contributed by atoms with Crippen LogP contribution in [-0.2, 0) is 75.8 Å². The number of aliphatic hydroxyl groups is 24. The molecule has 0 aromatic rings. The number of hydrogen-bond donors (Lipinski definition) is 24. The summed E-state index contributed by atoms with van der Waals surface area (Å²) in [4.78, 5) is 0. The lowest BCUT2D eigenvalue weighted by Gasteiger charge is -2.50. The predicted molar refractivity (Wildman–Crippen MR) is 261 cm³/mol. The first-order valence-corrected chi connectivity index (χ1v) is 28.1. The van der Waals surface area contributed by atoms with Crippen LogP contribution in [0.15, 0.2) is 0 Å². The average Bonchev–Trinajstić information content (AvgIpc) is 2.18. The van der Waals surface area contributed by atoms with E-state index in [0.717, 1.165) is 0 Å². The van der Waals surface area contributed by atoms with Gasteiger partial charge in [0.25, 0.3) is 0 Å². The van der Waals surface area contributed by atoms with E-state index in [-0.39, 0.29) is 0 Å². The van der Waals surface area contributed by atoms with Gasteiger partial charge in [0.2, 0.25) is 0 Å². The van der Waals surface area contributed by atoms with Crippen LogP contribution >= 0.6 is 0 Å². The van der Waals surface area contributed by atoms with Gasteiger partial charge in [-0.3, -0.25) is 0 Å². The van der Waals surface area contributed by atoms with Crippen LogP contribution in [0.3, 0.4) is 0 Å². The Hall–Kier alpha value is -1.60. The molecule has 0 amide bonds.